The van der Waals surface area contributed by atoms with Gasteiger partial charge in [-0.1, -0.05) is 0 Å². The van der Waals surface area contributed by atoms with Crippen molar-refractivity contribution in [3.63, 3.8) is 0 Å². The second-order valence-electron chi connectivity index (χ2n) is 6.91. The Hall–Kier alpha value is -3.40. The number of aromatic nitrogens is 4. The van der Waals surface area contributed by atoms with Gasteiger partial charge >= 0.3 is 0 Å². The van der Waals surface area contributed by atoms with Gasteiger partial charge in [0.15, 0.2) is 5.65 Å². The molecule has 2 unspecified atom stereocenters. The number of methoxy groups -OCH3 is 1. The van der Waals surface area contributed by atoms with Crippen LogP contribution in [0.1, 0.15) is 16.8 Å². The number of hydrogen-bond donors (Lipinski definition) is 3. The SMILES string of the molecule is C1OCC2CC12.CNc1cc(Nc2cccnc2OC)nc2c(C(N)=O)cnn12. The van der Waals surface area contributed by atoms with Gasteiger partial charge in [-0.15, -0.1) is 0 Å². The summed E-state index contributed by atoms with van der Waals surface area (Å²) in [4.78, 5) is 20.0. The van der Waals surface area contributed by atoms with Crippen LogP contribution in [-0.4, -0.2) is 52.9 Å². The third kappa shape index (κ3) is 3.92. The zero-order valence-electron chi connectivity index (χ0n) is 16.3. The number of fused-ring (bicyclic) bond motifs is 2. The highest BCUT2D eigenvalue weighted by Crippen LogP contribution is 2.43. The van der Waals surface area contributed by atoms with Crippen LogP contribution in [0.25, 0.3) is 5.65 Å². The number of primary amides is 1. The van der Waals surface area contributed by atoms with Crippen molar-refractivity contribution < 1.29 is 14.3 Å². The summed E-state index contributed by atoms with van der Waals surface area (Å²) in [6, 6.07) is 5.33. The third-order valence-electron chi connectivity index (χ3n) is 4.95. The van der Waals surface area contributed by atoms with Crippen molar-refractivity contribution in [1.82, 2.24) is 19.6 Å². The van der Waals surface area contributed by atoms with Gasteiger partial charge in [-0.05, 0) is 30.4 Å². The molecule has 1 saturated carbocycles. The van der Waals surface area contributed by atoms with Crippen molar-refractivity contribution in [2.45, 2.75) is 6.42 Å². The molecule has 0 bridgehead atoms. The molecule has 2 aliphatic rings. The maximum Gasteiger partial charge on any atom is 0.254 e. The number of ether oxygens (including phenoxy) is 2. The highest BCUT2D eigenvalue weighted by molar-refractivity contribution is 5.99. The molecule has 0 aromatic carbocycles. The Kier molecular flexibility index (Phi) is 5.17. The third-order valence-corrected chi connectivity index (χ3v) is 4.95. The summed E-state index contributed by atoms with van der Waals surface area (Å²) in [5.74, 6) is 2.97. The Labute approximate surface area is 167 Å². The molecule has 4 heterocycles. The Balaban J connectivity index is 0.000000286. The van der Waals surface area contributed by atoms with Crippen molar-refractivity contribution in [3.8, 4) is 5.88 Å². The quantitative estimate of drug-likeness (QED) is 0.593. The highest BCUT2D eigenvalue weighted by Gasteiger charge is 2.41. The molecule has 152 valence electrons. The van der Waals surface area contributed by atoms with Gasteiger partial charge in [0.25, 0.3) is 5.91 Å². The van der Waals surface area contributed by atoms with Crippen molar-refractivity contribution >= 4 is 28.9 Å². The van der Waals surface area contributed by atoms with Gasteiger partial charge in [-0.3, -0.25) is 4.79 Å². The van der Waals surface area contributed by atoms with Crippen molar-refractivity contribution in [2.75, 3.05) is 38.0 Å². The van der Waals surface area contributed by atoms with Crippen LogP contribution in [0, 0.1) is 11.8 Å². The molecule has 4 N–H and O–H groups in total. The average Bonchev–Trinajstić information content (AvgIpc) is 3.13. The van der Waals surface area contributed by atoms with Gasteiger partial charge in [0.1, 0.15) is 22.9 Å². The van der Waals surface area contributed by atoms with Crippen molar-refractivity contribution in [2.24, 2.45) is 17.6 Å². The molecule has 1 amide bonds. The van der Waals surface area contributed by atoms with Crippen LogP contribution in [0.5, 0.6) is 5.88 Å². The van der Waals surface area contributed by atoms with Crippen LogP contribution in [0.4, 0.5) is 17.3 Å². The smallest absolute Gasteiger partial charge is 0.254 e. The lowest BCUT2D eigenvalue weighted by atomic mass is 10.3. The van der Waals surface area contributed by atoms with E-state index in [0.717, 1.165) is 25.0 Å². The molecule has 0 radical (unpaired) electrons. The monoisotopic (exact) mass is 397 g/mol. The summed E-state index contributed by atoms with van der Waals surface area (Å²) in [7, 11) is 3.28. The molecule has 5 rings (SSSR count). The fourth-order valence-electron chi connectivity index (χ4n) is 3.25. The molecule has 3 aromatic rings. The van der Waals surface area contributed by atoms with E-state index < -0.39 is 5.91 Å². The maximum absolute atomic E-state index is 11.5. The van der Waals surface area contributed by atoms with Gasteiger partial charge in [-0.25, -0.2) is 9.97 Å². The van der Waals surface area contributed by atoms with Crippen LogP contribution in [-0.2, 0) is 4.74 Å². The first-order chi connectivity index (χ1) is 14.1. The first kappa shape index (κ1) is 18.9. The molecule has 1 saturated heterocycles. The van der Waals surface area contributed by atoms with Gasteiger partial charge in [0, 0.05) is 32.5 Å². The van der Waals surface area contributed by atoms with Crippen molar-refractivity contribution in [1.29, 1.82) is 0 Å². The summed E-state index contributed by atoms with van der Waals surface area (Å²) in [5.41, 5.74) is 6.60. The minimum Gasteiger partial charge on any atom is -0.480 e. The molecule has 10 heteroatoms. The topological polar surface area (TPSA) is 129 Å². The number of anilines is 3. The largest absolute Gasteiger partial charge is 0.480 e. The zero-order chi connectivity index (χ0) is 20.4. The number of nitrogens with two attached hydrogens (primary N) is 1. The zero-order valence-corrected chi connectivity index (χ0v) is 16.3. The molecule has 3 aromatic heterocycles. The molecule has 29 heavy (non-hydrogen) atoms. The van der Waals surface area contributed by atoms with Gasteiger partial charge in [-0.2, -0.15) is 9.61 Å². The van der Waals surface area contributed by atoms with E-state index in [0.29, 0.717) is 28.9 Å². The van der Waals surface area contributed by atoms with E-state index in [9.17, 15) is 4.79 Å². The van der Waals surface area contributed by atoms with Crippen LogP contribution in [0.2, 0.25) is 0 Å². The van der Waals surface area contributed by atoms with Crippen LogP contribution < -0.4 is 21.1 Å². The number of carbonyl (C=O) groups excluding carboxylic acids is 1. The molecular weight excluding hydrogens is 374 g/mol. The fraction of sp³-hybridized carbons (Fsp3) is 0.368. The highest BCUT2D eigenvalue weighted by atomic mass is 16.5. The minimum atomic E-state index is -0.592. The minimum absolute atomic E-state index is 0.239. The van der Waals surface area contributed by atoms with Crippen LogP contribution >= 0.6 is 0 Å². The normalized spacial score (nSPS) is 19.1. The maximum atomic E-state index is 11.5. The molecule has 1 aliphatic heterocycles. The molecule has 2 atom stereocenters. The number of carbonyl (C=O) groups is 1. The van der Waals surface area contributed by atoms with Crippen LogP contribution in [0.3, 0.4) is 0 Å². The van der Waals surface area contributed by atoms with Gasteiger partial charge in [0.05, 0.1) is 13.3 Å². The number of amides is 1. The molecule has 0 spiro atoms. The van der Waals surface area contributed by atoms with E-state index in [1.807, 2.05) is 6.07 Å². The van der Waals surface area contributed by atoms with Gasteiger partial charge < -0.3 is 25.8 Å². The van der Waals surface area contributed by atoms with Gasteiger partial charge in [0.2, 0.25) is 5.88 Å². The standard InChI is InChI=1S/C14H15N7O2.C5H8O/c1-16-11-6-10(19-9-4-3-5-17-14(9)23-2)20-13-8(12(15)22)7-18-21(11)13;1-4-2-6-3-5(1)4/h3-7,16H,1-2H3,(H2,15,22)(H,19,20);4-5H,1-3H2. The average molecular weight is 397 g/mol. The van der Waals surface area contributed by atoms with Crippen molar-refractivity contribution in [3.05, 3.63) is 36.2 Å². The number of pyridine rings is 1. The van der Waals surface area contributed by atoms with E-state index >= 15 is 0 Å². The van der Waals surface area contributed by atoms with E-state index in [1.54, 1.807) is 25.4 Å². The van der Waals surface area contributed by atoms with Crippen LogP contribution in [0.15, 0.2) is 30.6 Å². The predicted molar refractivity (Wildman–Crippen MR) is 108 cm³/mol. The summed E-state index contributed by atoms with van der Waals surface area (Å²) in [6.07, 6.45) is 4.47. The Morgan fingerprint density at radius 2 is 2.17 bits per heavy atom. The van der Waals surface area contributed by atoms with E-state index in [2.05, 4.69) is 25.7 Å². The number of nitrogens with zero attached hydrogens (tertiary/aromatic N) is 4. The fourth-order valence-corrected chi connectivity index (χ4v) is 3.25. The summed E-state index contributed by atoms with van der Waals surface area (Å²) < 4.78 is 11.8. The lowest BCUT2D eigenvalue weighted by molar-refractivity contribution is 0.100. The van der Waals surface area contributed by atoms with E-state index in [1.165, 1.54) is 24.2 Å². The first-order valence-corrected chi connectivity index (χ1v) is 9.30. The Morgan fingerprint density at radius 3 is 2.76 bits per heavy atom. The second-order valence-corrected chi connectivity index (χ2v) is 6.91. The summed E-state index contributed by atoms with van der Waals surface area (Å²) in [6.45, 7) is 2.12. The number of rotatable bonds is 5. The second kappa shape index (κ2) is 7.92. The molecular formula is C19H23N7O3. The lowest BCUT2D eigenvalue weighted by Crippen LogP contribution is -2.12. The molecule has 1 aliphatic carbocycles. The first-order valence-electron chi connectivity index (χ1n) is 9.30. The predicted octanol–water partition coefficient (Wildman–Crippen LogP) is 1.67. The number of nitrogens with one attached hydrogen (secondary N) is 2. The van der Waals surface area contributed by atoms with E-state index in [4.69, 9.17) is 15.2 Å². The van der Waals surface area contributed by atoms with E-state index in [-0.39, 0.29) is 5.56 Å². The Bertz CT molecular complexity index is 1030. The Morgan fingerprint density at radius 1 is 1.38 bits per heavy atom. The molecule has 2 fully saturated rings. The number of hydrogen-bond acceptors (Lipinski definition) is 8. The molecule has 10 nitrogen and oxygen atoms in total. The lowest BCUT2D eigenvalue weighted by Gasteiger charge is -2.11. The summed E-state index contributed by atoms with van der Waals surface area (Å²) >= 11 is 0. The summed E-state index contributed by atoms with van der Waals surface area (Å²) in [5, 5.41) is 10.2.